The topological polar surface area (TPSA) is 68.2 Å². The van der Waals surface area contributed by atoms with Gasteiger partial charge in [-0.25, -0.2) is 9.78 Å². The van der Waals surface area contributed by atoms with Crippen LogP contribution in [-0.2, 0) is 26.3 Å². The van der Waals surface area contributed by atoms with Gasteiger partial charge in [0.2, 0.25) is 0 Å². The maximum atomic E-state index is 12.2. The molecule has 1 aliphatic carbocycles. The Morgan fingerprint density at radius 2 is 2.32 bits per heavy atom. The van der Waals surface area contributed by atoms with Crippen LogP contribution in [0.5, 0.6) is 5.75 Å². The number of nitrogens with zero attached hydrogens (tertiary/aromatic N) is 2. The Kier molecular flexibility index (Phi) is 5.58. The number of carbonyl (C=O) groups is 1. The van der Waals surface area contributed by atoms with Crippen molar-refractivity contribution in [2.24, 2.45) is 7.05 Å². The second kappa shape index (κ2) is 8.05. The summed E-state index contributed by atoms with van der Waals surface area (Å²) in [6.45, 7) is 0.583. The van der Waals surface area contributed by atoms with Gasteiger partial charge in [0.1, 0.15) is 5.75 Å². The average molecular weight is 342 g/mol. The van der Waals surface area contributed by atoms with E-state index >= 15 is 0 Å². The van der Waals surface area contributed by atoms with Crippen molar-refractivity contribution in [1.82, 2.24) is 20.2 Å². The molecule has 0 aliphatic heterocycles. The second-order valence-electron chi connectivity index (χ2n) is 6.57. The van der Waals surface area contributed by atoms with Crippen molar-refractivity contribution in [2.75, 3.05) is 13.7 Å². The molecule has 1 aromatic carbocycles. The predicted molar refractivity (Wildman–Crippen MR) is 96.9 cm³/mol. The Morgan fingerprint density at radius 1 is 1.44 bits per heavy atom. The van der Waals surface area contributed by atoms with E-state index in [0.29, 0.717) is 6.54 Å². The van der Waals surface area contributed by atoms with E-state index in [1.54, 1.807) is 13.4 Å². The van der Waals surface area contributed by atoms with E-state index < -0.39 is 0 Å². The normalized spacial score (nSPS) is 16.6. The van der Waals surface area contributed by atoms with Crippen LogP contribution in [0.2, 0.25) is 0 Å². The van der Waals surface area contributed by atoms with Crippen LogP contribution in [0.4, 0.5) is 4.79 Å². The fourth-order valence-corrected chi connectivity index (χ4v) is 3.43. The third-order valence-corrected chi connectivity index (χ3v) is 4.66. The van der Waals surface area contributed by atoms with Gasteiger partial charge >= 0.3 is 6.03 Å². The van der Waals surface area contributed by atoms with Gasteiger partial charge in [0.05, 0.1) is 19.1 Å². The number of aromatic nitrogens is 2. The molecular weight excluding hydrogens is 316 g/mol. The standard InChI is InChI=1S/C19H26N4O2/c1-23-12-16(21-13-23)9-10-20-19(24)22-15-6-4-7-17-14(11-15)5-3-8-18(17)25-2/h3,5,8,12-13,15H,4,6-7,9-11H2,1-2H3,(H2,20,22,24). The maximum Gasteiger partial charge on any atom is 0.315 e. The molecule has 6 heteroatoms. The van der Waals surface area contributed by atoms with Gasteiger partial charge < -0.3 is 19.9 Å². The molecule has 6 nitrogen and oxygen atoms in total. The van der Waals surface area contributed by atoms with E-state index in [4.69, 9.17) is 4.74 Å². The van der Waals surface area contributed by atoms with Gasteiger partial charge in [-0.1, -0.05) is 12.1 Å². The lowest BCUT2D eigenvalue weighted by molar-refractivity contribution is 0.236. The summed E-state index contributed by atoms with van der Waals surface area (Å²) in [6.07, 6.45) is 8.34. The van der Waals surface area contributed by atoms with Crippen molar-refractivity contribution < 1.29 is 9.53 Å². The molecule has 0 spiro atoms. The van der Waals surface area contributed by atoms with Crippen LogP contribution in [0.3, 0.4) is 0 Å². The predicted octanol–water partition coefficient (Wildman–Crippen LogP) is 2.22. The van der Waals surface area contributed by atoms with E-state index in [1.165, 1.54) is 11.1 Å². The molecule has 1 atom stereocenters. The molecule has 1 aliphatic rings. The van der Waals surface area contributed by atoms with Crippen molar-refractivity contribution >= 4 is 6.03 Å². The minimum absolute atomic E-state index is 0.104. The number of benzene rings is 1. The first-order valence-electron chi connectivity index (χ1n) is 8.81. The lowest BCUT2D eigenvalue weighted by Gasteiger charge is -2.17. The van der Waals surface area contributed by atoms with Crippen LogP contribution in [0.25, 0.3) is 0 Å². The highest BCUT2D eigenvalue weighted by molar-refractivity contribution is 5.74. The van der Waals surface area contributed by atoms with E-state index in [-0.39, 0.29) is 12.1 Å². The summed E-state index contributed by atoms with van der Waals surface area (Å²) in [7, 11) is 3.65. The number of hydrogen-bond acceptors (Lipinski definition) is 3. The minimum atomic E-state index is -0.104. The van der Waals surface area contributed by atoms with E-state index in [9.17, 15) is 4.79 Å². The number of methoxy groups -OCH3 is 1. The van der Waals surface area contributed by atoms with Gasteiger partial charge in [-0.05, 0) is 42.9 Å². The number of rotatable bonds is 5. The van der Waals surface area contributed by atoms with Crippen LogP contribution in [0.1, 0.15) is 29.7 Å². The zero-order valence-corrected chi connectivity index (χ0v) is 14.9. The first-order chi connectivity index (χ1) is 12.2. The van der Waals surface area contributed by atoms with Crippen LogP contribution in [-0.4, -0.2) is 35.3 Å². The summed E-state index contributed by atoms with van der Waals surface area (Å²) in [6, 6.07) is 6.22. The Balaban J connectivity index is 1.51. The van der Waals surface area contributed by atoms with Gasteiger partial charge in [0, 0.05) is 32.3 Å². The molecule has 3 rings (SSSR count). The number of amides is 2. The molecule has 2 amide bonds. The van der Waals surface area contributed by atoms with Crippen LogP contribution in [0, 0.1) is 0 Å². The number of urea groups is 1. The summed E-state index contributed by atoms with van der Waals surface area (Å²) in [4.78, 5) is 16.4. The van der Waals surface area contributed by atoms with Crippen molar-refractivity contribution in [1.29, 1.82) is 0 Å². The van der Waals surface area contributed by atoms with E-state index in [1.807, 2.05) is 29.9 Å². The molecule has 0 saturated carbocycles. The Hall–Kier alpha value is -2.50. The zero-order valence-electron chi connectivity index (χ0n) is 14.9. The number of nitrogens with one attached hydrogen (secondary N) is 2. The molecule has 1 aromatic heterocycles. The molecule has 25 heavy (non-hydrogen) atoms. The quantitative estimate of drug-likeness (QED) is 0.819. The highest BCUT2D eigenvalue weighted by atomic mass is 16.5. The van der Waals surface area contributed by atoms with Gasteiger partial charge in [0.15, 0.2) is 0 Å². The fraction of sp³-hybridized carbons (Fsp3) is 0.474. The minimum Gasteiger partial charge on any atom is -0.496 e. The van der Waals surface area contributed by atoms with Crippen molar-refractivity contribution in [3.05, 3.63) is 47.5 Å². The SMILES string of the molecule is COc1cccc2c1CCCC(NC(=O)NCCc1cn(C)cn1)C2. The van der Waals surface area contributed by atoms with Crippen molar-refractivity contribution in [3.63, 3.8) is 0 Å². The maximum absolute atomic E-state index is 12.2. The summed E-state index contributed by atoms with van der Waals surface area (Å²) in [5.74, 6) is 0.956. The third-order valence-electron chi connectivity index (χ3n) is 4.66. The Labute approximate surface area is 148 Å². The second-order valence-corrected chi connectivity index (χ2v) is 6.57. The highest BCUT2D eigenvalue weighted by Gasteiger charge is 2.20. The molecule has 0 radical (unpaired) electrons. The lowest BCUT2D eigenvalue weighted by Crippen LogP contribution is -2.43. The van der Waals surface area contributed by atoms with E-state index in [2.05, 4.69) is 21.7 Å². The highest BCUT2D eigenvalue weighted by Crippen LogP contribution is 2.28. The number of ether oxygens (including phenoxy) is 1. The fourth-order valence-electron chi connectivity index (χ4n) is 3.43. The molecule has 0 saturated heterocycles. The number of imidazole rings is 1. The monoisotopic (exact) mass is 342 g/mol. The molecule has 134 valence electrons. The van der Waals surface area contributed by atoms with Gasteiger partial charge in [-0.15, -0.1) is 0 Å². The average Bonchev–Trinajstić information content (AvgIpc) is 2.89. The van der Waals surface area contributed by atoms with Gasteiger partial charge in [-0.2, -0.15) is 0 Å². The van der Waals surface area contributed by atoms with Crippen molar-refractivity contribution in [2.45, 2.75) is 38.1 Å². The largest absolute Gasteiger partial charge is 0.496 e. The summed E-state index contributed by atoms with van der Waals surface area (Å²) in [5, 5.41) is 6.04. The van der Waals surface area contributed by atoms with Crippen molar-refractivity contribution in [3.8, 4) is 5.75 Å². The van der Waals surface area contributed by atoms with Crippen LogP contribution >= 0.6 is 0 Å². The molecule has 0 bridgehead atoms. The zero-order chi connectivity index (χ0) is 17.6. The first kappa shape index (κ1) is 17.3. The first-order valence-corrected chi connectivity index (χ1v) is 8.81. The molecular formula is C19H26N4O2. The molecule has 0 fully saturated rings. The third kappa shape index (κ3) is 4.53. The number of fused-ring (bicyclic) bond motifs is 1. The Morgan fingerprint density at radius 3 is 3.08 bits per heavy atom. The smallest absolute Gasteiger partial charge is 0.315 e. The molecule has 1 unspecified atom stereocenters. The Bertz CT molecular complexity index is 726. The lowest BCUT2D eigenvalue weighted by atomic mass is 10.0. The van der Waals surface area contributed by atoms with E-state index in [0.717, 1.165) is 43.5 Å². The molecule has 2 N–H and O–H groups in total. The van der Waals surface area contributed by atoms with Crippen LogP contribution in [0.15, 0.2) is 30.7 Å². The number of carbonyl (C=O) groups excluding carboxylic acids is 1. The van der Waals surface area contributed by atoms with Crippen LogP contribution < -0.4 is 15.4 Å². The summed E-state index contributed by atoms with van der Waals surface area (Å²) >= 11 is 0. The number of aryl methyl sites for hydroxylation is 1. The number of hydrogen-bond donors (Lipinski definition) is 2. The molecule has 1 heterocycles. The molecule has 2 aromatic rings. The summed E-state index contributed by atoms with van der Waals surface area (Å²) in [5.41, 5.74) is 3.54. The summed E-state index contributed by atoms with van der Waals surface area (Å²) < 4.78 is 7.38. The van der Waals surface area contributed by atoms with Gasteiger partial charge in [0.25, 0.3) is 0 Å². The van der Waals surface area contributed by atoms with Gasteiger partial charge in [-0.3, -0.25) is 0 Å².